The first-order valence-electron chi connectivity index (χ1n) is 7.01. The summed E-state index contributed by atoms with van der Waals surface area (Å²) >= 11 is 0. The predicted octanol–water partition coefficient (Wildman–Crippen LogP) is 2.80. The number of methoxy groups -OCH3 is 1. The molecule has 0 amide bonds. The minimum atomic E-state index is -0.242. The van der Waals surface area contributed by atoms with Crippen molar-refractivity contribution in [3.63, 3.8) is 0 Å². The monoisotopic (exact) mass is 269 g/mol. The highest BCUT2D eigenvalue weighted by Gasteiger charge is 2.20. The quantitative estimate of drug-likeness (QED) is 0.927. The fourth-order valence-corrected chi connectivity index (χ4v) is 2.52. The molecule has 1 aliphatic rings. The average molecular weight is 269 g/mol. The molecule has 1 saturated carbocycles. The molecule has 4 nitrogen and oxygen atoms in total. The third kappa shape index (κ3) is 2.51. The van der Waals surface area contributed by atoms with Crippen molar-refractivity contribution in [1.82, 2.24) is 10.2 Å². The normalized spacial score (nSPS) is 16.5. The van der Waals surface area contributed by atoms with Gasteiger partial charge in [0.05, 0.1) is 18.8 Å². The summed E-state index contributed by atoms with van der Waals surface area (Å²) in [6.07, 6.45) is 3.92. The van der Waals surface area contributed by atoms with Crippen molar-refractivity contribution in [2.75, 3.05) is 7.11 Å². The van der Waals surface area contributed by atoms with Gasteiger partial charge in [-0.3, -0.25) is 0 Å². The Morgan fingerprint density at radius 2 is 2.05 bits per heavy atom. The number of ether oxygens (including phenoxy) is 1. The van der Waals surface area contributed by atoms with Crippen molar-refractivity contribution in [1.29, 1.82) is 0 Å². The van der Waals surface area contributed by atoms with Crippen LogP contribution in [-0.2, 0) is 0 Å². The molecule has 1 fully saturated rings. The van der Waals surface area contributed by atoms with Crippen LogP contribution in [0.25, 0.3) is 0 Å². The van der Waals surface area contributed by atoms with E-state index in [-0.39, 0.29) is 6.04 Å². The van der Waals surface area contributed by atoms with Gasteiger partial charge in [-0.05, 0) is 36.0 Å². The van der Waals surface area contributed by atoms with E-state index < -0.39 is 0 Å². The molecule has 2 N–H and O–H groups in total. The predicted molar refractivity (Wildman–Crippen MR) is 77.6 cm³/mol. The zero-order valence-corrected chi connectivity index (χ0v) is 11.6. The highest BCUT2D eigenvalue weighted by atomic mass is 16.5. The lowest BCUT2D eigenvalue weighted by Gasteiger charge is -2.26. The topological polar surface area (TPSA) is 61.0 Å². The third-order valence-electron chi connectivity index (χ3n) is 4.03. The van der Waals surface area contributed by atoms with Gasteiger partial charge in [0.1, 0.15) is 0 Å². The van der Waals surface area contributed by atoms with Crippen molar-refractivity contribution in [3.05, 3.63) is 53.2 Å². The second-order valence-corrected chi connectivity index (χ2v) is 5.28. The van der Waals surface area contributed by atoms with Gasteiger partial charge in [0.25, 0.3) is 0 Å². The third-order valence-corrected chi connectivity index (χ3v) is 4.03. The number of nitrogens with zero attached hydrogens (tertiary/aromatic N) is 2. The van der Waals surface area contributed by atoms with Gasteiger partial charge in [0, 0.05) is 6.07 Å². The van der Waals surface area contributed by atoms with Crippen molar-refractivity contribution in [2.24, 2.45) is 5.73 Å². The fraction of sp³-hybridized carbons (Fsp3) is 0.375. The Labute approximate surface area is 119 Å². The van der Waals surface area contributed by atoms with E-state index >= 15 is 0 Å². The Bertz CT molecular complexity index is 579. The van der Waals surface area contributed by atoms with E-state index in [1.165, 1.54) is 24.8 Å². The lowest BCUT2D eigenvalue weighted by molar-refractivity contribution is 0.390. The lowest BCUT2D eigenvalue weighted by Crippen LogP contribution is -2.15. The van der Waals surface area contributed by atoms with Gasteiger partial charge in [-0.2, -0.15) is 0 Å². The van der Waals surface area contributed by atoms with Crippen LogP contribution in [0.4, 0.5) is 0 Å². The minimum Gasteiger partial charge on any atom is -0.480 e. The van der Waals surface area contributed by atoms with Crippen LogP contribution < -0.4 is 10.5 Å². The molecule has 1 atom stereocenters. The zero-order valence-electron chi connectivity index (χ0n) is 11.6. The molecule has 20 heavy (non-hydrogen) atoms. The number of benzene rings is 1. The molecule has 1 aromatic heterocycles. The van der Waals surface area contributed by atoms with Crippen LogP contribution in [0.15, 0.2) is 36.4 Å². The van der Waals surface area contributed by atoms with Gasteiger partial charge < -0.3 is 10.5 Å². The Morgan fingerprint density at radius 3 is 2.65 bits per heavy atom. The summed E-state index contributed by atoms with van der Waals surface area (Å²) in [5.41, 5.74) is 9.54. The molecule has 0 aliphatic heterocycles. The van der Waals surface area contributed by atoms with Crippen molar-refractivity contribution in [3.8, 4) is 5.88 Å². The van der Waals surface area contributed by atoms with Gasteiger partial charge in [0.15, 0.2) is 0 Å². The highest BCUT2D eigenvalue weighted by molar-refractivity contribution is 5.33. The average Bonchev–Trinajstić information content (AvgIpc) is 2.45. The van der Waals surface area contributed by atoms with E-state index in [1.807, 2.05) is 6.07 Å². The van der Waals surface area contributed by atoms with Crippen molar-refractivity contribution >= 4 is 0 Å². The maximum atomic E-state index is 6.29. The summed E-state index contributed by atoms with van der Waals surface area (Å²) in [5.74, 6) is 1.22. The van der Waals surface area contributed by atoms with Gasteiger partial charge in [-0.25, -0.2) is 0 Å². The van der Waals surface area contributed by atoms with Crippen LogP contribution in [-0.4, -0.2) is 17.3 Å². The summed E-state index contributed by atoms with van der Waals surface area (Å²) in [7, 11) is 1.58. The number of nitrogens with two attached hydrogens (primary N) is 1. The van der Waals surface area contributed by atoms with Crippen LogP contribution >= 0.6 is 0 Å². The molecule has 104 valence electrons. The summed E-state index contributed by atoms with van der Waals surface area (Å²) in [5, 5.41) is 8.11. The van der Waals surface area contributed by atoms with E-state index in [4.69, 9.17) is 10.5 Å². The van der Waals surface area contributed by atoms with Crippen molar-refractivity contribution < 1.29 is 4.74 Å². The molecule has 2 aromatic rings. The first-order valence-corrected chi connectivity index (χ1v) is 7.01. The van der Waals surface area contributed by atoms with Crippen molar-refractivity contribution in [2.45, 2.75) is 31.2 Å². The molecule has 1 aliphatic carbocycles. The Hall–Kier alpha value is -1.94. The molecule has 1 aromatic carbocycles. The number of hydrogen-bond acceptors (Lipinski definition) is 4. The fourth-order valence-electron chi connectivity index (χ4n) is 2.52. The second-order valence-electron chi connectivity index (χ2n) is 5.28. The Balaban J connectivity index is 1.83. The molecule has 0 radical (unpaired) electrons. The maximum Gasteiger partial charge on any atom is 0.233 e. The van der Waals surface area contributed by atoms with E-state index in [2.05, 4.69) is 34.5 Å². The minimum absolute atomic E-state index is 0.242. The number of rotatable bonds is 4. The van der Waals surface area contributed by atoms with Gasteiger partial charge in [0.2, 0.25) is 5.88 Å². The maximum absolute atomic E-state index is 6.29. The molecule has 4 heteroatoms. The molecule has 0 spiro atoms. The largest absolute Gasteiger partial charge is 0.480 e. The van der Waals surface area contributed by atoms with Crippen LogP contribution in [0.1, 0.15) is 48.0 Å². The summed E-state index contributed by atoms with van der Waals surface area (Å²) in [6, 6.07) is 12.0. The van der Waals surface area contributed by atoms with Crippen LogP contribution in [0.3, 0.4) is 0 Å². The summed E-state index contributed by atoms with van der Waals surface area (Å²) < 4.78 is 5.01. The molecule has 3 rings (SSSR count). The number of aromatic nitrogens is 2. The van der Waals surface area contributed by atoms with Crippen LogP contribution in [0.5, 0.6) is 5.88 Å². The first kappa shape index (κ1) is 13.1. The first-order chi connectivity index (χ1) is 9.78. The zero-order chi connectivity index (χ0) is 13.9. The molecular formula is C16H19N3O. The molecule has 0 bridgehead atoms. The summed E-state index contributed by atoms with van der Waals surface area (Å²) in [4.78, 5) is 0. The van der Waals surface area contributed by atoms with Crippen LogP contribution in [0.2, 0.25) is 0 Å². The Morgan fingerprint density at radius 1 is 1.20 bits per heavy atom. The van der Waals surface area contributed by atoms with E-state index in [0.29, 0.717) is 11.8 Å². The van der Waals surface area contributed by atoms with Crippen LogP contribution in [0, 0.1) is 0 Å². The molecule has 1 heterocycles. The SMILES string of the molecule is COc1ccc(C(N)c2cccc(C3CCC3)c2)nn1. The lowest BCUT2D eigenvalue weighted by atomic mass is 9.79. The van der Waals surface area contributed by atoms with E-state index in [0.717, 1.165) is 11.3 Å². The van der Waals surface area contributed by atoms with Gasteiger partial charge in [-0.15, -0.1) is 10.2 Å². The number of hydrogen-bond donors (Lipinski definition) is 1. The molecule has 1 unspecified atom stereocenters. The summed E-state index contributed by atoms with van der Waals surface area (Å²) in [6.45, 7) is 0. The standard InChI is InChI=1S/C16H19N3O/c1-20-15-9-8-14(18-19-15)16(17)13-7-3-6-12(10-13)11-4-2-5-11/h3,6-11,16H,2,4-5,17H2,1H3. The van der Waals surface area contributed by atoms with E-state index in [1.54, 1.807) is 13.2 Å². The molecular weight excluding hydrogens is 250 g/mol. The smallest absolute Gasteiger partial charge is 0.233 e. The molecule has 0 saturated heterocycles. The van der Waals surface area contributed by atoms with E-state index in [9.17, 15) is 0 Å². The second kappa shape index (κ2) is 5.59. The Kier molecular flexibility index (Phi) is 3.65. The van der Waals surface area contributed by atoms with Gasteiger partial charge in [-0.1, -0.05) is 30.7 Å². The van der Waals surface area contributed by atoms with Gasteiger partial charge >= 0.3 is 0 Å². The highest BCUT2D eigenvalue weighted by Crippen LogP contribution is 2.37.